The van der Waals surface area contributed by atoms with Crippen molar-refractivity contribution in [2.24, 2.45) is 11.3 Å². The van der Waals surface area contributed by atoms with Crippen LogP contribution in [0.5, 0.6) is 0 Å². The minimum absolute atomic E-state index is 0.0162. The lowest BCUT2D eigenvalue weighted by molar-refractivity contribution is -0.117. The lowest BCUT2D eigenvalue weighted by atomic mass is 9.92. The Hall–Kier alpha value is -2.31. The zero-order chi connectivity index (χ0) is 24.4. The monoisotopic (exact) mass is 458 g/mol. The molecule has 2 aliphatic heterocycles. The van der Waals surface area contributed by atoms with Gasteiger partial charge < -0.3 is 19.9 Å². The number of amides is 2. The predicted octanol–water partition coefficient (Wildman–Crippen LogP) is 5.16. The lowest BCUT2D eigenvalue weighted by Crippen LogP contribution is -2.44. The number of hydrogen-bond acceptors (Lipinski definition) is 5. The molecule has 0 aromatic carbocycles. The van der Waals surface area contributed by atoms with Crippen molar-refractivity contribution in [1.29, 1.82) is 0 Å². The summed E-state index contributed by atoms with van der Waals surface area (Å²) in [5.74, 6) is 1.25. The lowest BCUT2D eigenvalue weighted by Gasteiger charge is -2.38. The molecular weight excluding hydrogens is 416 g/mol. The van der Waals surface area contributed by atoms with Gasteiger partial charge in [-0.15, -0.1) is 0 Å². The zero-order valence-corrected chi connectivity index (χ0v) is 21.6. The van der Waals surface area contributed by atoms with Crippen molar-refractivity contribution in [3.8, 4) is 0 Å². The van der Waals surface area contributed by atoms with E-state index in [0.29, 0.717) is 18.2 Å². The Morgan fingerprint density at radius 3 is 2.39 bits per heavy atom. The first kappa shape index (κ1) is 25.3. The van der Waals surface area contributed by atoms with Crippen LogP contribution in [0.3, 0.4) is 0 Å². The van der Waals surface area contributed by atoms with E-state index in [2.05, 4.69) is 37.1 Å². The highest BCUT2D eigenvalue weighted by Crippen LogP contribution is 2.32. The summed E-state index contributed by atoms with van der Waals surface area (Å²) in [4.78, 5) is 33.9. The summed E-state index contributed by atoms with van der Waals surface area (Å²) in [5.41, 5.74) is 2.76. The summed E-state index contributed by atoms with van der Waals surface area (Å²) in [7, 11) is 0. The predicted molar refractivity (Wildman–Crippen MR) is 133 cm³/mol. The van der Waals surface area contributed by atoms with E-state index in [0.717, 1.165) is 63.1 Å². The molecule has 0 spiro atoms. The molecule has 0 unspecified atom stereocenters. The van der Waals surface area contributed by atoms with Crippen LogP contribution in [0.1, 0.15) is 78.5 Å². The Labute approximate surface area is 199 Å². The van der Waals surface area contributed by atoms with Gasteiger partial charge in [-0.1, -0.05) is 20.8 Å². The largest absolute Gasteiger partial charge is 0.444 e. The third-order valence-corrected chi connectivity index (χ3v) is 6.14. The molecule has 3 rings (SSSR count). The fraction of sp³-hybridized carbons (Fsp3) is 0.731. The van der Waals surface area contributed by atoms with Gasteiger partial charge in [-0.3, -0.25) is 4.79 Å². The van der Waals surface area contributed by atoms with E-state index in [9.17, 15) is 9.59 Å². The van der Waals surface area contributed by atoms with Crippen molar-refractivity contribution in [2.75, 3.05) is 36.4 Å². The summed E-state index contributed by atoms with van der Waals surface area (Å²) < 4.78 is 5.53. The molecule has 7 nitrogen and oxygen atoms in total. The van der Waals surface area contributed by atoms with Crippen molar-refractivity contribution in [3.05, 3.63) is 17.3 Å². The molecule has 2 amide bonds. The minimum atomic E-state index is -0.457. The fourth-order valence-corrected chi connectivity index (χ4v) is 4.56. The number of rotatable bonds is 4. The fourth-order valence-electron chi connectivity index (χ4n) is 4.56. The topological polar surface area (TPSA) is 74.8 Å². The Bertz CT molecular complexity index is 862. The average molecular weight is 459 g/mol. The molecule has 33 heavy (non-hydrogen) atoms. The van der Waals surface area contributed by atoms with Crippen LogP contribution in [0.15, 0.2) is 6.07 Å². The van der Waals surface area contributed by atoms with Crippen LogP contribution in [-0.4, -0.2) is 53.7 Å². The number of carbonyl (C=O) groups excluding carboxylic acids is 2. The van der Waals surface area contributed by atoms with Crippen LogP contribution >= 0.6 is 0 Å². The molecule has 1 N–H and O–H groups in total. The molecule has 184 valence electrons. The first-order valence-corrected chi connectivity index (χ1v) is 12.3. The van der Waals surface area contributed by atoms with Crippen LogP contribution in [0, 0.1) is 18.3 Å². The smallest absolute Gasteiger partial charge is 0.410 e. The Morgan fingerprint density at radius 1 is 1.12 bits per heavy atom. The van der Waals surface area contributed by atoms with Crippen LogP contribution in [0.2, 0.25) is 0 Å². The number of likely N-dealkylation sites (tertiary alicyclic amines) is 1. The van der Waals surface area contributed by atoms with Crippen LogP contribution in [0.25, 0.3) is 0 Å². The van der Waals surface area contributed by atoms with Gasteiger partial charge in [0.15, 0.2) is 0 Å². The molecule has 2 aliphatic rings. The summed E-state index contributed by atoms with van der Waals surface area (Å²) in [6.07, 6.45) is 4.24. The van der Waals surface area contributed by atoms with Gasteiger partial charge in [0.05, 0.1) is 11.4 Å². The molecule has 1 fully saturated rings. The summed E-state index contributed by atoms with van der Waals surface area (Å²) in [6.45, 7) is 17.4. The van der Waals surface area contributed by atoms with E-state index in [1.807, 2.05) is 32.6 Å². The quantitative estimate of drug-likeness (QED) is 0.674. The van der Waals surface area contributed by atoms with Gasteiger partial charge >= 0.3 is 6.09 Å². The number of nitrogens with zero attached hydrogens (tertiary/aromatic N) is 3. The first-order chi connectivity index (χ1) is 15.3. The molecule has 1 aromatic heterocycles. The number of piperidine rings is 1. The average Bonchev–Trinajstić information content (AvgIpc) is 2.67. The Balaban J connectivity index is 1.61. The van der Waals surface area contributed by atoms with Gasteiger partial charge in [-0.2, -0.15) is 0 Å². The number of fused-ring (bicyclic) bond motifs is 1. The van der Waals surface area contributed by atoms with Gasteiger partial charge in [0.2, 0.25) is 5.91 Å². The van der Waals surface area contributed by atoms with Gasteiger partial charge in [0.25, 0.3) is 0 Å². The van der Waals surface area contributed by atoms with E-state index >= 15 is 0 Å². The SMILES string of the molecule is Cc1cc2c(nc1NC(=O)CC(C)(C)C)CCCN2CC1CCN(C(=O)OC(C)(C)C)CC1. The van der Waals surface area contributed by atoms with Crippen molar-refractivity contribution < 1.29 is 14.3 Å². The summed E-state index contributed by atoms with van der Waals surface area (Å²) >= 11 is 0. The molecule has 7 heteroatoms. The van der Waals surface area contributed by atoms with Gasteiger partial charge in [0, 0.05) is 32.6 Å². The summed E-state index contributed by atoms with van der Waals surface area (Å²) in [5, 5.41) is 3.03. The van der Waals surface area contributed by atoms with E-state index in [-0.39, 0.29) is 17.4 Å². The van der Waals surface area contributed by atoms with E-state index in [4.69, 9.17) is 9.72 Å². The number of nitrogens with one attached hydrogen (secondary N) is 1. The molecule has 0 radical (unpaired) electrons. The highest BCUT2D eigenvalue weighted by Gasteiger charge is 2.29. The number of ether oxygens (including phenoxy) is 1. The van der Waals surface area contributed by atoms with E-state index < -0.39 is 5.60 Å². The first-order valence-electron chi connectivity index (χ1n) is 12.3. The standard InChI is InChI=1S/C26H42N4O3/c1-18-15-21-20(27-23(18)28-22(31)16-25(2,3)4)9-8-12-30(21)17-19-10-13-29(14-11-19)24(32)33-26(5,6)7/h15,19H,8-14,16-17H2,1-7H3,(H,27,28,31). The zero-order valence-electron chi connectivity index (χ0n) is 21.6. The van der Waals surface area contributed by atoms with E-state index in [1.165, 1.54) is 5.69 Å². The molecule has 0 saturated carbocycles. The van der Waals surface area contributed by atoms with Crippen molar-refractivity contribution in [3.63, 3.8) is 0 Å². The molecule has 0 aliphatic carbocycles. The van der Waals surface area contributed by atoms with Gasteiger partial charge in [-0.25, -0.2) is 9.78 Å². The third-order valence-electron chi connectivity index (χ3n) is 6.14. The maximum Gasteiger partial charge on any atom is 0.410 e. The second kappa shape index (κ2) is 9.90. The molecule has 3 heterocycles. The van der Waals surface area contributed by atoms with Crippen LogP contribution in [0.4, 0.5) is 16.3 Å². The number of aromatic nitrogens is 1. The van der Waals surface area contributed by atoms with Crippen molar-refractivity contribution in [2.45, 2.75) is 86.2 Å². The molecule has 0 atom stereocenters. The summed E-state index contributed by atoms with van der Waals surface area (Å²) in [6, 6.07) is 2.18. The molecule has 1 aromatic rings. The number of pyridine rings is 1. The normalized spacial score (nSPS) is 17.5. The number of anilines is 2. The minimum Gasteiger partial charge on any atom is -0.444 e. The van der Waals surface area contributed by atoms with Crippen LogP contribution in [-0.2, 0) is 16.0 Å². The van der Waals surface area contributed by atoms with Gasteiger partial charge in [-0.05, 0) is 76.3 Å². The molecular formula is C26H42N4O3. The maximum atomic E-state index is 12.4. The number of carbonyl (C=O) groups is 2. The molecule has 0 bridgehead atoms. The third kappa shape index (κ3) is 7.34. The number of hydrogen-bond donors (Lipinski definition) is 1. The number of aryl methyl sites for hydroxylation is 2. The molecule has 1 saturated heterocycles. The van der Waals surface area contributed by atoms with Crippen LogP contribution < -0.4 is 10.2 Å². The second-order valence-electron chi connectivity index (χ2n) is 11.9. The van der Waals surface area contributed by atoms with Gasteiger partial charge in [0.1, 0.15) is 11.4 Å². The van der Waals surface area contributed by atoms with E-state index in [1.54, 1.807) is 0 Å². The highest BCUT2D eigenvalue weighted by atomic mass is 16.6. The maximum absolute atomic E-state index is 12.4. The van der Waals surface area contributed by atoms with Crippen molar-refractivity contribution >= 4 is 23.5 Å². The van der Waals surface area contributed by atoms with Crippen molar-refractivity contribution in [1.82, 2.24) is 9.88 Å². The highest BCUT2D eigenvalue weighted by molar-refractivity contribution is 5.91. The Kier molecular flexibility index (Phi) is 7.59. The Morgan fingerprint density at radius 2 is 1.79 bits per heavy atom. The second-order valence-corrected chi connectivity index (χ2v) is 11.9.